The van der Waals surface area contributed by atoms with E-state index in [9.17, 15) is 9.59 Å². The van der Waals surface area contributed by atoms with Crippen LogP contribution in [-0.2, 0) is 19.1 Å². The zero-order chi connectivity index (χ0) is 19.9. The van der Waals surface area contributed by atoms with Gasteiger partial charge in [-0.3, -0.25) is 0 Å². The molecule has 0 aliphatic carbocycles. The lowest BCUT2D eigenvalue weighted by molar-refractivity contribution is -0.156. The second-order valence-corrected chi connectivity index (χ2v) is 7.63. The lowest BCUT2D eigenvalue weighted by Crippen LogP contribution is -2.47. The Bertz CT molecular complexity index is 748. The minimum atomic E-state index is -1.69. The van der Waals surface area contributed by atoms with Crippen LogP contribution < -0.4 is 4.74 Å². The molecule has 0 aromatic heterocycles. The zero-order valence-corrected chi connectivity index (χ0v) is 16.9. The third kappa shape index (κ3) is 5.40. The molecule has 7 heteroatoms. The predicted molar refractivity (Wildman–Crippen MR) is 105 cm³/mol. The number of benzene rings is 2. The summed E-state index contributed by atoms with van der Waals surface area (Å²) in [6.45, 7) is 1.95. The van der Waals surface area contributed by atoms with Gasteiger partial charge in [-0.15, -0.1) is 0 Å². The molecule has 0 N–H and O–H groups in total. The molecular formula is C20H21ClO5S. The third-order valence-corrected chi connectivity index (χ3v) is 5.40. The molecule has 0 aliphatic rings. The highest BCUT2D eigenvalue weighted by molar-refractivity contribution is 8.02. The first-order chi connectivity index (χ1) is 12.9. The number of aryl methyl sites for hydroxylation is 1. The first kappa shape index (κ1) is 21.1. The van der Waals surface area contributed by atoms with Crippen LogP contribution in [0.3, 0.4) is 0 Å². The van der Waals surface area contributed by atoms with Gasteiger partial charge in [0.25, 0.3) is 0 Å². The Morgan fingerprint density at radius 1 is 1.00 bits per heavy atom. The topological polar surface area (TPSA) is 61.8 Å². The molecule has 0 saturated heterocycles. The van der Waals surface area contributed by atoms with Crippen molar-refractivity contribution in [2.24, 2.45) is 0 Å². The average Bonchev–Trinajstić information content (AvgIpc) is 2.68. The van der Waals surface area contributed by atoms with Crippen LogP contribution in [0.2, 0.25) is 0 Å². The fourth-order valence-electron chi connectivity index (χ4n) is 2.43. The lowest BCUT2D eigenvalue weighted by Gasteiger charge is -2.29. The van der Waals surface area contributed by atoms with Crippen LogP contribution in [0.1, 0.15) is 12.0 Å². The summed E-state index contributed by atoms with van der Waals surface area (Å²) in [5, 5.41) is 0. The van der Waals surface area contributed by atoms with Crippen LogP contribution in [0.4, 0.5) is 0 Å². The Balaban J connectivity index is 2.33. The number of hydrogen-bond acceptors (Lipinski definition) is 6. The fraction of sp³-hybridized carbons (Fsp3) is 0.300. The number of ether oxygens (including phenoxy) is 3. The molecule has 2 aromatic rings. The van der Waals surface area contributed by atoms with E-state index in [2.05, 4.69) is 0 Å². The maximum absolute atomic E-state index is 12.6. The fourth-order valence-corrected chi connectivity index (χ4v) is 4.10. The third-order valence-electron chi connectivity index (χ3n) is 3.80. The van der Waals surface area contributed by atoms with Gasteiger partial charge in [-0.2, -0.15) is 0 Å². The molecular weight excluding hydrogens is 388 g/mol. The van der Waals surface area contributed by atoms with Crippen LogP contribution in [0.5, 0.6) is 5.75 Å². The normalized spacial score (nSPS) is 12.1. The first-order valence-corrected chi connectivity index (χ1v) is 9.45. The van der Waals surface area contributed by atoms with Crippen molar-refractivity contribution in [3.8, 4) is 5.75 Å². The molecule has 1 atom stereocenters. The summed E-state index contributed by atoms with van der Waals surface area (Å²) in [7, 11) is 2.44. The van der Waals surface area contributed by atoms with Gasteiger partial charge < -0.3 is 14.2 Å². The minimum absolute atomic E-state index is 0.138. The van der Waals surface area contributed by atoms with Gasteiger partial charge in [0.15, 0.2) is 5.56 Å². The first-order valence-electron chi connectivity index (χ1n) is 8.19. The molecule has 0 amide bonds. The number of para-hydroxylation sites is 1. The summed E-state index contributed by atoms with van der Waals surface area (Å²) < 4.78 is 13.8. The van der Waals surface area contributed by atoms with Gasteiger partial charge in [-0.1, -0.05) is 59.3 Å². The van der Waals surface area contributed by atoms with Crippen molar-refractivity contribution in [1.29, 1.82) is 0 Å². The molecule has 0 fully saturated rings. The van der Waals surface area contributed by atoms with Crippen LogP contribution in [-0.4, -0.2) is 36.5 Å². The molecule has 0 spiro atoms. The van der Waals surface area contributed by atoms with Crippen molar-refractivity contribution in [1.82, 2.24) is 0 Å². The summed E-state index contributed by atoms with van der Waals surface area (Å²) >= 11 is 7.38. The number of carbonyl (C=O) groups excluding carboxylic acids is 2. The van der Waals surface area contributed by atoms with E-state index in [1.165, 1.54) is 14.2 Å². The van der Waals surface area contributed by atoms with Gasteiger partial charge in [0, 0.05) is 11.3 Å². The van der Waals surface area contributed by atoms with E-state index < -0.39 is 22.2 Å². The molecule has 0 saturated carbocycles. The molecule has 2 aromatic carbocycles. The van der Waals surface area contributed by atoms with Crippen molar-refractivity contribution in [3.05, 3.63) is 60.2 Å². The molecule has 0 heterocycles. The summed E-state index contributed by atoms with van der Waals surface area (Å²) in [5.41, 5.74) is 0.104. The van der Waals surface area contributed by atoms with Crippen LogP contribution >= 0.6 is 23.4 Å². The van der Waals surface area contributed by atoms with E-state index >= 15 is 0 Å². The highest BCUT2D eigenvalue weighted by Gasteiger charge is 2.51. The highest BCUT2D eigenvalue weighted by atomic mass is 35.5. The SMILES string of the molecule is COC(=O)C(CC(Cl)Oc1ccccc1)(Sc1ccc(C)cc1)C(=O)OC. The number of halogens is 1. The molecule has 0 bridgehead atoms. The van der Waals surface area contributed by atoms with Crippen molar-refractivity contribution in [2.75, 3.05) is 14.2 Å². The molecule has 27 heavy (non-hydrogen) atoms. The number of alkyl halides is 1. The molecule has 144 valence electrons. The number of thioether (sulfide) groups is 1. The van der Waals surface area contributed by atoms with Gasteiger partial charge >= 0.3 is 11.9 Å². The predicted octanol–water partition coefficient (Wildman–Crippen LogP) is 4.21. The summed E-state index contributed by atoms with van der Waals surface area (Å²) in [6, 6.07) is 16.3. The smallest absolute Gasteiger partial charge is 0.334 e. The average molecular weight is 409 g/mol. The van der Waals surface area contributed by atoms with Gasteiger partial charge in [-0.25, -0.2) is 9.59 Å². The largest absolute Gasteiger partial charge is 0.475 e. The van der Waals surface area contributed by atoms with E-state index in [0.29, 0.717) is 10.6 Å². The molecule has 0 radical (unpaired) electrons. The van der Waals surface area contributed by atoms with E-state index in [1.54, 1.807) is 24.3 Å². The Hall–Kier alpha value is -2.18. The van der Waals surface area contributed by atoms with Gasteiger partial charge in [0.2, 0.25) is 4.75 Å². The number of carbonyl (C=O) groups is 2. The Morgan fingerprint density at radius 3 is 2.07 bits per heavy atom. The monoisotopic (exact) mass is 408 g/mol. The maximum atomic E-state index is 12.6. The molecule has 5 nitrogen and oxygen atoms in total. The maximum Gasteiger partial charge on any atom is 0.334 e. The van der Waals surface area contributed by atoms with Crippen LogP contribution in [0.15, 0.2) is 59.5 Å². The Kier molecular flexibility index (Phi) is 7.56. The Morgan fingerprint density at radius 2 is 1.56 bits per heavy atom. The summed E-state index contributed by atoms with van der Waals surface area (Å²) in [6.07, 6.45) is -0.138. The second-order valence-electron chi connectivity index (χ2n) is 5.77. The summed E-state index contributed by atoms with van der Waals surface area (Å²) in [5.74, 6) is -0.967. The number of esters is 2. The van der Waals surface area contributed by atoms with Crippen molar-refractivity contribution in [3.63, 3.8) is 0 Å². The minimum Gasteiger partial charge on any atom is -0.475 e. The number of hydrogen-bond donors (Lipinski definition) is 0. The number of rotatable bonds is 8. The van der Waals surface area contributed by atoms with Crippen LogP contribution in [0, 0.1) is 6.92 Å². The van der Waals surface area contributed by atoms with Crippen molar-refractivity contribution < 1.29 is 23.8 Å². The molecule has 2 rings (SSSR count). The van der Waals surface area contributed by atoms with Crippen molar-refractivity contribution >= 4 is 35.3 Å². The quantitative estimate of drug-likeness (QED) is 0.282. The van der Waals surface area contributed by atoms with Crippen molar-refractivity contribution in [2.45, 2.75) is 28.6 Å². The number of methoxy groups -OCH3 is 2. The van der Waals surface area contributed by atoms with Crippen LogP contribution in [0.25, 0.3) is 0 Å². The van der Waals surface area contributed by atoms with E-state index in [0.717, 1.165) is 17.3 Å². The molecule has 1 unspecified atom stereocenters. The lowest BCUT2D eigenvalue weighted by atomic mass is 10.1. The highest BCUT2D eigenvalue weighted by Crippen LogP contribution is 2.40. The zero-order valence-electron chi connectivity index (χ0n) is 15.3. The molecule has 0 aliphatic heterocycles. The van der Waals surface area contributed by atoms with Gasteiger partial charge in [0.1, 0.15) is 5.75 Å². The standard InChI is InChI=1S/C20H21ClO5S/c1-14-9-11-16(12-10-14)27-20(18(22)24-2,19(23)25-3)13-17(21)26-15-7-5-4-6-8-15/h4-12,17H,13H2,1-3H3. The summed E-state index contributed by atoms with van der Waals surface area (Å²) in [4.78, 5) is 26.0. The van der Waals surface area contributed by atoms with E-state index in [1.807, 2.05) is 37.3 Å². The second kappa shape index (κ2) is 9.67. The van der Waals surface area contributed by atoms with E-state index in [-0.39, 0.29) is 6.42 Å². The van der Waals surface area contributed by atoms with Gasteiger partial charge in [-0.05, 0) is 31.2 Å². The van der Waals surface area contributed by atoms with Gasteiger partial charge in [0.05, 0.1) is 14.2 Å². The Labute approximate surface area is 167 Å². The van der Waals surface area contributed by atoms with E-state index in [4.69, 9.17) is 25.8 Å².